The van der Waals surface area contributed by atoms with E-state index in [2.05, 4.69) is 4.98 Å². The molecule has 1 amide bonds. The normalized spacial score (nSPS) is 10.4. The summed E-state index contributed by atoms with van der Waals surface area (Å²) in [7, 11) is 0. The largest absolute Gasteiger partial charge is 0.464 e. The summed E-state index contributed by atoms with van der Waals surface area (Å²) < 4.78 is 13.1. The van der Waals surface area contributed by atoms with E-state index < -0.39 is 11.9 Å². The zero-order valence-electron chi connectivity index (χ0n) is 12.7. The summed E-state index contributed by atoms with van der Waals surface area (Å²) in [4.78, 5) is 29.1. The first-order valence-corrected chi connectivity index (χ1v) is 7.93. The number of carboxylic acid groups (broad SMARTS) is 1. The number of benzene rings is 2. The van der Waals surface area contributed by atoms with Crippen LogP contribution in [0.2, 0.25) is 0 Å². The Morgan fingerprint density at radius 1 is 1.08 bits per heavy atom. The molecule has 0 atom stereocenters. The van der Waals surface area contributed by atoms with Crippen LogP contribution in [0.5, 0.6) is 0 Å². The minimum absolute atomic E-state index is 0.0101. The summed E-state index contributed by atoms with van der Waals surface area (Å²) in [5, 5.41) is 9.49. The lowest BCUT2D eigenvalue weighted by molar-refractivity contribution is 0.104. The minimum Gasteiger partial charge on any atom is -0.464 e. The van der Waals surface area contributed by atoms with Crippen molar-refractivity contribution in [3.63, 3.8) is 0 Å². The molecule has 0 saturated heterocycles. The topological polar surface area (TPSA) is 96.5 Å². The highest BCUT2D eigenvalue weighted by Gasteiger charge is 2.25. The summed E-state index contributed by atoms with van der Waals surface area (Å²) in [5.41, 5.74) is 6.44. The van der Waals surface area contributed by atoms with Crippen molar-refractivity contribution in [2.45, 2.75) is 0 Å². The number of nitrogens with zero attached hydrogens (tertiary/aromatic N) is 2. The van der Waals surface area contributed by atoms with Crippen LogP contribution in [0.3, 0.4) is 0 Å². The summed E-state index contributed by atoms with van der Waals surface area (Å²) in [6, 6.07) is 13.4. The van der Waals surface area contributed by atoms with Crippen molar-refractivity contribution < 1.29 is 19.1 Å². The number of carbonyl (C=O) groups excluding carboxylic acids is 1. The Morgan fingerprint density at radius 3 is 2.32 bits per heavy atom. The van der Waals surface area contributed by atoms with Crippen LogP contribution >= 0.6 is 11.3 Å². The molecule has 0 aliphatic heterocycles. The molecule has 3 aromatic rings. The predicted octanol–water partition coefficient (Wildman–Crippen LogP) is 3.91. The molecule has 1 heterocycles. The molecule has 6 nitrogen and oxygen atoms in total. The fraction of sp³-hybridized carbons (Fsp3) is 0. The maximum atomic E-state index is 13.1. The van der Waals surface area contributed by atoms with Gasteiger partial charge in [-0.2, -0.15) is 0 Å². The van der Waals surface area contributed by atoms with Gasteiger partial charge in [0.25, 0.3) is 0 Å². The predicted molar refractivity (Wildman–Crippen MR) is 93.0 cm³/mol. The van der Waals surface area contributed by atoms with Crippen LogP contribution in [0.4, 0.5) is 25.8 Å². The molecule has 0 saturated carbocycles. The molecular weight excluding hydrogens is 345 g/mol. The number of nitrogens with two attached hydrogens (primary N) is 1. The maximum Gasteiger partial charge on any atom is 0.418 e. The van der Waals surface area contributed by atoms with Gasteiger partial charge in [0.15, 0.2) is 0 Å². The number of ketones is 1. The molecule has 0 bridgehead atoms. The molecule has 3 N–H and O–H groups in total. The molecule has 0 radical (unpaired) electrons. The van der Waals surface area contributed by atoms with Gasteiger partial charge in [-0.1, -0.05) is 41.7 Å². The van der Waals surface area contributed by atoms with Gasteiger partial charge >= 0.3 is 6.09 Å². The number of carbonyl (C=O) groups is 2. The average Bonchev–Trinajstić information content (AvgIpc) is 2.98. The first-order chi connectivity index (χ1) is 12.0. The molecule has 0 spiro atoms. The van der Waals surface area contributed by atoms with Crippen LogP contribution in [0.1, 0.15) is 15.2 Å². The van der Waals surface area contributed by atoms with Crippen molar-refractivity contribution in [3.05, 3.63) is 70.9 Å². The lowest BCUT2D eigenvalue weighted by Gasteiger charge is -2.15. The zero-order chi connectivity index (χ0) is 18.0. The Balaban J connectivity index is 2.01. The van der Waals surface area contributed by atoms with Crippen LogP contribution in [-0.2, 0) is 0 Å². The van der Waals surface area contributed by atoms with Gasteiger partial charge in [0, 0.05) is 5.56 Å². The molecule has 0 aliphatic carbocycles. The number of hydrogen-bond donors (Lipinski definition) is 2. The van der Waals surface area contributed by atoms with E-state index in [4.69, 9.17) is 5.73 Å². The van der Waals surface area contributed by atoms with Crippen molar-refractivity contribution in [1.82, 2.24) is 4.98 Å². The second-order valence-electron chi connectivity index (χ2n) is 5.00. The molecule has 1 aromatic heterocycles. The van der Waals surface area contributed by atoms with Crippen LogP contribution in [0.15, 0.2) is 54.6 Å². The van der Waals surface area contributed by atoms with Crippen molar-refractivity contribution in [1.29, 1.82) is 0 Å². The number of amides is 1. The summed E-state index contributed by atoms with van der Waals surface area (Å²) >= 11 is 0.864. The van der Waals surface area contributed by atoms with Crippen LogP contribution < -0.4 is 10.6 Å². The number of nitrogen functional groups attached to an aromatic ring is 1. The highest BCUT2D eigenvalue weighted by Crippen LogP contribution is 2.34. The summed E-state index contributed by atoms with van der Waals surface area (Å²) in [6.45, 7) is 0. The van der Waals surface area contributed by atoms with Crippen molar-refractivity contribution >= 4 is 39.9 Å². The van der Waals surface area contributed by atoms with Gasteiger partial charge in [-0.25, -0.2) is 19.1 Å². The third kappa shape index (κ3) is 3.33. The lowest BCUT2D eigenvalue weighted by atomic mass is 10.1. The number of rotatable bonds is 4. The van der Waals surface area contributed by atoms with Gasteiger partial charge in [0.2, 0.25) is 10.9 Å². The Hall–Kier alpha value is -3.26. The quantitative estimate of drug-likeness (QED) is 0.690. The number of halogens is 1. The number of hydrogen-bond acceptors (Lipinski definition) is 5. The second kappa shape index (κ2) is 6.70. The van der Waals surface area contributed by atoms with Gasteiger partial charge in [-0.05, 0) is 24.3 Å². The fourth-order valence-corrected chi connectivity index (χ4v) is 3.15. The first kappa shape index (κ1) is 16.6. The molecule has 3 rings (SSSR count). The lowest BCUT2D eigenvalue weighted by Crippen LogP contribution is -2.23. The van der Waals surface area contributed by atoms with Crippen LogP contribution in [-0.4, -0.2) is 22.0 Å². The molecule has 126 valence electrons. The monoisotopic (exact) mass is 357 g/mol. The molecule has 0 unspecified atom stereocenters. The SMILES string of the molecule is Nc1nc(N(C(=O)O)c2ccc(F)cc2)sc1C(=O)c1ccccc1. The van der Waals surface area contributed by atoms with Crippen molar-refractivity contribution in [2.24, 2.45) is 0 Å². The first-order valence-electron chi connectivity index (χ1n) is 7.12. The van der Waals surface area contributed by atoms with E-state index in [9.17, 15) is 19.1 Å². The van der Waals surface area contributed by atoms with Crippen molar-refractivity contribution in [2.75, 3.05) is 10.6 Å². The van der Waals surface area contributed by atoms with Crippen LogP contribution in [0.25, 0.3) is 0 Å². The molecule has 2 aromatic carbocycles. The Morgan fingerprint density at radius 2 is 1.72 bits per heavy atom. The Bertz CT molecular complexity index is 926. The molecule has 0 fully saturated rings. The standard InChI is InChI=1S/C17H12FN3O3S/c18-11-6-8-12(9-7-11)21(17(23)24)16-20-15(19)14(25-16)13(22)10-4-2-1-3-5-10/h1-9H,19H2,(H,23,24). The highest BCUT2D eigenvalue weighted by molar-refractivity contribution is 7.18. The Labute approximate surface area is 146 Å². The van der Waals surface area contributed by atoms with E-state index >= 15 is 0 Å². The fourth-order valence-electron chi connectivity index (χ4n) is 2.19. The molecule has 0 aliphatic rings. The smallest absolute Gasteiger partial charge is 0.418 e. The summed E-state index contributed by atoms with van der Waals surface area (Å²) in [6.07, 6.45) is -1.32. The van der Waals surface area contributed by atoms with E-state index in [0.717, 1.165) is 28.4 Å². The number of aromatic nitrogens is 1. The minimum atomic E-state index is -1.32. The van der Waals surface area contributed by atoms with Crippen molar-refractivity contribution in [3.8, 4) is 0 Å². The van der Waals surface area contributed by atoms with Gasteiger partial charge in [-0.15, -0.1) is 0 Å². The number of thiazole rings is 1. The molecular formula is C17H12FN3O3S. The number of anilines is 3. The van der Waals surface area contributed by atoms with E-state index in [0.29, 0.717) is 5.56 Å². The van der Waals surface area contributed by atoms with E-state index in [-0.39, 0.29) is 27.3 Å². The van der Waals surface area contributed by atoms with E-state index in [1.807, 2.05) is 0 Å². The van der Waals surface area contributed by atoms with Gasteiger partial charge in [-0.3, -0.25) is 4.79 Å². The van der Waals surface area contributed by atoms with E-state index in [1.165, 1.54) is 12.1 Å². The zero-order valence-corrected chi connectivity index (χ0v) is 13.5. The Kier molecular flexibility index (Phi) is 4.44. The molecule has 25 heavy (non-hydrogen) atoms. The summed E-state index contributed by atoms with van der Waals surface area (Å²) in [5.74, 6) is -0.888. The highest BCUT2D eigenvalue weighted by atomic mass is 32.1. The maximum absolute atomic E-state index is 13.1. The van der Waals surface area contributed by atoms with Gasteiger partial charge < -0.3 is 10.8 Å². The van der Waals surface area contributed by atoms with Gasteiger partial charge in [0.05, 0.1) is 5.69 Å². The van der Waals surface area contributed by atoms with Gasteiger partial charge in [0.1, 0.15) is 16.5 Å². The third-order valence-corrected chi connectivity index (χ3v) is 4.41. The second-order valence-corrected chi connectivity index (χ2v) is 5.98. The third-order valence-electron chi connectivity index (χ3n) is 3.35. The average molecular weight is 357 g/mol. The molecule has 8 heteroatoms. The van der Waals surface area contributed by atoms with E-state index in [1.54, 1.807) is 30.3 Å². The van der Waals surface area contributed by atoms with Crippen LogP contribution in [0, 0.1) is 5.82 Å².